The third-order valence-corrected chi connectivity index (χ3v) is 5.71. The fourth-order valence-corrected chi connectivity index (χ4v) is 3.55. The molecule has 0 aliphatic heterocycles. The summed E-state index contributed by atoms with van der Waals surface area (Å²) < 4.78 is 5.74. The van der Waals surface area contributed by atoms with Gasteiger partial charge in [-0.15, -0.1) is 0 Å². The zero-order chi connectivity index (χ0) is 18.1. The van der Waals surface area contributed by atoms with Crippen LogP contribution < -0.4 is 4.74 Å². The van der Waals surface area contributed by atoms with Gasteiger partial charge in [0, 0.05) is 5.39 Å². The number of aliphatic hydroxyl groups is 1. The van der Waals surface area contributed by atoms with E-state index in [1.165, 1.54) is 6.42 Å². The molecule has 3 nitrogen and oxygen atoms in total. The number of benzene rings is 2. The van der Waals surface area contributed by atoms with Gasteiger partial charge in [0.15, 0.2) is 0 Å². The number of esters is 1. The van der Waals surface area contributed by atoms with E-state index in [4.69, 9.17) is 4.74 Å². The Balaban J connectivity index is 2.03. The molecule has 0 radical (unpaired) electrons. The standard InChI is InChI=1S/C22H28O3/c1-4-21(2,3)20(23)25-19-13-12-18(16-10-6-7-11-17(16)19)22(24)14-8-5-9-15-22/h6-7,10-13,24H,4-5,8-9,14-15H2,1-3H3. The molecule has 1 saturated carbocycles. The van der Waals surface area contributed by atoms with Crippen molar-refractivity contribution in [2.45, 2.75) is 64.9 Å². The van der Waals surface area contributed by atoms with Gasteiger partial charge in [0.25, 0.3) is 0 Å². The SMILES string of the molecule is CCC(C)(C)C(=O)Oc1ccc(C2(O)CCCCC2)c2ccccc12. The molecule has 0 spiro atoms. The van der Waals surface area contributed by atoms with Crippen LogP contribution in [-0.2, 0) is 10.4 Å². The lowest BCUT2D eigenvalue weighted by Gasteiger charge is -2.33. The second kappa shape index (κ2) is 6.80. The van der Waals surface area contributed by atoms with Crippen molar-refractivity contribution in [2.75, 3.05) is 0 Å². The first-order valence-corrected chi connectivity index (χ1v) is 9.34. The lowest BCUT2D eigenvalue weighted by atomic mass is 9.78. The number of hydrogen-bond acceptors (Lipinski definition) is 3. The van der Waals surface area contributed by atoms with Crippen LogP contribution in [0, 0.1) is 5.41 Å². The molecule has 0 aromatic heterocycles. The zero-order valence-electron chi connectivity index (χ0n) is 15.5. The Morgan fingerprint density at radius 1 is 1.08 bits per heavy atom. The van der Waals surface area contributed by atoms with Crippen molar-refractivity contribution in [3.8, 4) is 5.75 Å². The number of carbonyl (C=O) groups is 1. The molecule has 0 amide bonds. The maximum Gasteiger partial charge on any atom is 0.316 e. The fraction of sp³-hybridized carbons (Fsp3) is 0.500. The highest BCUT2D eigenvalue weighted by Crippen LogP contribution is 2.42. The second-order valence-corrected chi connectivity index (χ2v) is 7.88. The van der Waals surface area contributed by atoms with Gasteiger partial charge in [0.05, 0.1) is 11.0 Å². The Hall–Kier alpha value is -1.87. The van der Waals surface area contributed by atoms with Crippen molar-refractivity contribution < 1.29 is 14.6 Å². The van der Waals surface area contributed by atoms with E-state index in [0.29, 0.717) is 5.75 Å². The van der Waals surface area contributed by atoms with Gasteiger partial charge in [-0.1, -0.05) is 56.5 Å². The van der Waals surface area contributed by atoms with Crippen LogP contribution in [0.4, 0.5) is 0 Å². The summed E-state index contributed by atoms with van der Waals surface area (Å²) in [6.07, 6.45) is 5.58. The molecule has 3 heteroatoms. The van der Waals surface area contributed by atoms with Gasteiger partial charge >= 0.3 is 5.97 Å². The molecular weight excluding hydrogens is 312 g/mol. The largest absolute Gasteiger partial charge is 0.425 e. The Morgan fingerprint density at radius 2 is 1.72 bits per heavy atom. The van der Waals surface area contributed by atoms with E-state index in [1.807, 2.05) is 57.2 Å². The van der Waals surface area contributed by atoms with E-state index < -0.39 is 11.0 Å². The molecule has 25 heavy (non-hydrogen) atoms. The fourth-order valence-electron chi connectivity index (χ4n) is 3.55. The zero-order valence-corrected chi connectivity index (χ0v) is 15.5. The molecule has 0 atom stereocenters. The smallest absolute Gasteiger partial charge is 0.316 e. The summed E-state index contributed by atoms with van der Waals surface area (Å²) in [6, 6.07) is 11.7. The van der Waals surface area contributed by atoms with E-state index >= 15 is 0 Å². The van der Waals surface area contributed by atoms with E-state index in [2.05, 4.69) is 0 Å². The summed E-state index contributed by atoms with van der Waals surface area (Å²) in [5.74, 6) is 0.356. The third kappa shape index (κ3) is 3.43. The van der Waals surface area contributed by atoms with Crippen LogP contribution in [0.15, 0.2) is 36.4 Å². The minimum Gasteiger partial charge on any atom is -0.425 e. The van der Waals surface area contributed by atoms with Crippen molar-refractivity contribution in [3.05, 3.63) is 42.0 Å². The first-order valence-electron chi connectivity index (χ1n) is 9.34. The molecule has 0 bridgehead atoms. The van der Waals surface area contributed by atoms with Crippen molar-refractivity contribution >= 4 is 16.7 Å². The monoisotopic (exact) mass is 340 g/mol. The number of ether oxygens (including phenoxy) is 1. The lowest BCUT2D eigenvalue weighted by Crippen LogP contribution is -2.29. The average Bonchev–Trinajstić information content (AvgIpc) is 2.62. The van der Waals surface area contributed by atoms with Crippen LogP contribution in [0.3, 0.4) is 0 Å². The summed E-state index contributed by atoms with van der Waals surface area (Å²) in [5.41, 5.74) is -0.331. The molecule has 0 unspecified atom stereocenters. The van der Waals surface area contributed by atoms with E-state index in [9.17, 15) is 9.90 Å². The summed E-state index contributed by atoms with van der Waals surface area (Å²) in [5, 5.41) is 13.0. The molecule has 0 saturated heterocycles. The van der Waals surface area contributed by atoms with Gasteiger partial charge in [-0.05, 0) is 50.1 Å². The summed E-state index contributed by atoms with van der Waals surface area (Å²) in [4.78, 5) is 12.5. The van der Waals surface area contributed by atoms with Gasteiger partial charge in [-0.2, -0.15) is 0 Å². The van der Waals surface area contributed by atoms with E-state index in [1.54, 1.807) is 0 Å². The number of carbonyl (C=O) groups excluding carboxylic acids is 1. The highest BCUT2D eigenvalue weighted by Gasteiger charge is 2.33. The minimum absolute atomic E-state index is 0.218. The average molecular weight is 340 g/mol. The van der Waals surface area contributed by atoms with Crippen LogP contribution in [-0.4, -0.2) is 11.1 Å². The van der Waals surface area contributed by atoms with Crippen LogP contribution in [0.25, 0.3) is 10.8 Å². The first-order chi connectivity index (χ1) is 11.9. The number of hydrogen-bond donors (Lipinski definition) is 1. The predicted molar refractivity (Wildman–Crippen MR) is 101 cm³/mol. The van der Waals surface area contributed by atoms with Crippen LogP contribution >= 0.6 is 0 Å². The quantitative estimate of drug-likeness (QED) is 0.604. The second-order valence-electron chi connectivity index (χ2n) is 7.88. The summed E-state index contributed by atoms with van der Waals surface area (Å²) >= 11 is 0. The van der Waals surface area contributed by atoms with Gasteiger partial charge in [0.1, 0.15) is 5.75 Å². The molecule has 134 valence electrons. The molecule has 1 fully saturated rings. The molecule has 2 aromatic rings. The van der Waals surface area contributed by atoms with Crippen molar-refractivity contribution in [2.24, 2.45) is 5.41 Å². The minimum atomic E-state index is -0.775. The van der Waals surface area contributed by atoms with Crippen LogP contribution in [0.5, 0.6) is 5.75 Å². The molecule has 0 heterocycles. The summed E-state index contributed by atoms with van der Waals surface area (Å²) in [6.45, 7) is 5.79. The molecule has 1 N–H and O–H groups in total. The van der Waals surface area contributed by atoms with E-state index in [0.717, 1.165) is 48.4 Å². The number of fused-ring (bicyclic) bond motifs is 1. The molecule has 1 aliphatic carbocycles. The normalized spacial score (nSPS) is 17.4. The van der Waals surface area contributed by atoms with Gasteiger partial charge in [-0.25, -0.2) is 0 Å². The highest BCUT2D eigenvalue weighted by atomic mass is 16.5. The van der Waals surface area contributed by atoms with Gasteiger partial charge in [0.2, 0.25) is 0 Å². The van der Waals surface area contributed by atoms with Crippen molar-refractivity contribution in [1.29, 1.82) is 0 Å². The molecule has 3 rings (SSSR count). The molecular formula is C22H28O3. The molecule has 2 aromatic carbocycles. The Bertz CT molecular complexity index is 770. The third-order valence-electron chi connectivity index (χ3n) is 5.71. The highest BCUT2D eigenvalue weighted by molar-refractivity contribution is 5.94. The lowest BCUT2D eigenvalue weighted by molar-refractivity contribution is -0.144. The topological polar surface area (TPSA) is 46.5 Å². The van der Waals surface area contributed by atoms with Gasteiger partial charge < -0.3 is 9.84 Å². The molecule has 1 aliphatic rings. The predicted octanol–water partition coefficient (Wildman–Crippen LogP) is 5.33. The maximum absolute atomic E-state index is 12.5. The summed E-state index contributed by atoms with van der Waals surface area (Å²) in [7, 11) is 0. The van der Waals surface area contributed by atoms with Crippen LogP contribution in [0.2, 0.25) is 0 Å². The maximum atomic E-state index is 12.5. The Morgan fingerprint density at radius 3 is 2.36 bits per heavy atom. The van der Waals surface area contributed by atoms with Crippen LogP contribution in [0.1, 0.15) is 64.9 Å². The number of rotatable bonds is 4. The first kappa shape index (κ1) is 17.9. The Labute approximate surface area is 150 Å². The van der Waals surface area contributed by atoms with Gasteiger partial charge in [-0.3, -0.25) is 4.79 Å². The van der Waals surface area contributed by atoms with Crippen molar-refractivity contribution in [1.82, 2.24) is 0 Å². The Kier molecular flexibility index (Phi) is 4.88. The van der Waals surface area contributed by atoms with E-state index in [-0.39, 0.29) is 5.97 Å². The van der Waals surface area contributed by atoms with Crippen molar-refractivity contribution in [3.63, 3.8) is 0 Å².